The number of para-hydroxylation sites is 1. The molecule has 13 N–H and O–H groups in total. The topological polar surface area (TPSA) is 370 Å². The summed E-state index contributed by atoms with van der Waals surface area (Å²) >= 11 is 0. The van der Waals surface area contributed by atoms with Crippen molar-refractivity contribution in [3.05, 3.63) is 90.1 Å². The van der Waals surface area contributed by atoms with Crippen LogP contribution in [0.4, 0.5) is 0 Å². The Morgan fingerprint density at radius 3 is 1.99 bits per heavy atom. The summed E-state index contributed by atoms with van der Waals surface area (Å²) in [5, 5.41) is 20.0. The molecule has 0 spiro atoms. The zero-order valence-corrected chi connectivity index (χ0v) is 44.4. The number of imidazole rings is 1. The van der Waals surface area contributed by atoms with Gasteiger partial charge in [0, 0.05) is 87.8 Å². The molecule has 25 nitrogen and oxygen atoms in total. The van der Waals surface area contributed by atoms with Crippen molar-refractivity contribution in [3.63, 3.8) is 0 Å². The van der Waals surface area contributed by atoms with Crippen LogP contribution >= 0.6 is 0 Å². The first-order valence-corrected chi connectivity index (χ1v) is 26.7. The fourth-order valence-electron chi connectivity index (χ4n) is 10.4. The van der Waals surface area contributed by atoms with Gasteiger partial charge in [0.25, 0.3) is 0 Å². The van der Waals surface area contributed by atoms with Crippen LogP contribution in [0.25, 0.3) is 10.9 Å². The van der Waals surface area contributed by atoms with Crippen LogP contribution in [0.5, 0.6) is 0 Å². The largest absolute Gasteiger partial charge is 0.370 e. The van der Waals surface area contributed by atoms with Crippen molar-refractivity contribution in [1.29, 1.82) is 0 Å². The zero-order chi connectivity index (χ0) is 56.6. The van der Waals surface area contributed by atoms with Gasteiger partial charge < -0.3 is 68.5 Å². The van der Waals surface area contributed by atoms with E-state index in [0.29, 0.717) is 49.0 Å². The highest BCUT2D eigenvalue weighted by molar-refractivity contribution is 5.99. The minimum absolute atomic E-state index is 0.0460. The number of carbonyl (C=O) groups is 10. The van der Waals surface area contributed by atoms with Crippen LogP contribution in [-0.4, -0.2) is 164 Å². The number of nitrogens with zero attached hydrogens (tertiary/aromatic N) is 4. The second-order valence-electron chi connectivity index (χ2n) is 20.2. The number of rotatable bonds is 14. The van der Waals surface area contributed by atoms with E-state index in [2.05, 4.69) is 57.2 Å². The molecule has 0 saturated carbocycles. The second-order valence-corrected chi connectivity index (χ2v) is 20.2. The number of aliphatic imine (C=N–C) groups is 1. The number of likely N-dealkylation sites (tertiary alicyclic amines) is 2. The molecule has 79 heavy (non-hydrogen) atoms. The number of benzene rings is 2. The standard InChI is InChI=1S/C54H71N15O10/c1-31(70)44-16-9-23-68(44)53(79)45-17-10-24-69(45)52(78)40-18-19-46(72)58-22-20-39(62-32(2)71)48(74)67-43(27-35-29-57-30-61-35)51(77)65-41(25-33-11-4-3-5-12-33)49(75)63-38(15-8-21-59-54(55)56)47(73)66-42(50(76)64-40)26-34-28-60-37-14-7-6-13-36(34)37/h3-7,11-14,28-30,38-45,60H,8-10,15-27H2,1-2H3,(H,57,61)(H,58,72)(H,62,71)(H,63,75)(H,64,76)(H,65,77)(H,66,73)(H,67,74)(H4,55,56,59)/t38-,39-,40-,41+,42-,43-,44-,45-/m0/s1. The van der Waals surface area contributed by atoms with Gasteiger partial charge in [-0.2, -0.15) is 0 Å². The molecule has 5 heterocycles. The van der Waals surface area contributed by atoms with Crippen LogP contribution in [0, 0.1) is 0 Å². The third-order valence-corrected chi connectivity index (χ3v) is 14.4. The van der Waals surface area contributed by atoms with Gasteiger partial charge in [-0.15, -0.1) is 0 Å². The van der Waals surface area contributed by atoms with Crippen LogP contribution in [0.3, 0.4) is 0 Å². The monoisotopic (exact) mass is 1090 g/mol. The highest BCUT2D eigenvalue weighted by Gasteiger charge is 2.44. The molecule has 0 aliphatic carbocycles. The number of fused-ring (bicyclic) bond motifs is 1. The summed E-state index contributed by atoms with van der Waals surface area (Å²) in [7, 11) is 0. The first-order valence-electron chi connectivity index (χ1n) is 26.7. The van der Waals surface area contributed by atoms with E-state index in [0.717, 1.165) is 10.9 Å². The third kappa shape index (κ3) is 16.0. The lowest BCUT2D eigenvalue weighted by molar-refractivity contribution is -0.147. The Morgan fingerprint density at radius 2 is 1.30 bits per heavy atom. The normalized spacial score (nSPS) is 24.1. The average Bonchev–Trinajstić information content (AvgIpc) is 4.40. The lowest BCUT2D eigenvalue weighted by Crippen LogP contribution is -2.61. The number of Topliss-reactive ketones (excluding diaryl/α,β-unsaturated/α-hetero) is 1. The minimum atomic E-state index is -1.43. The Balaban J connectivity index is 1.27. The summed E-state index contributed by atoms with van der Waals surface area (Å²) in [4.78, 5) is 158. The molecule has 422 valence electrons. The molecule has 0 unspecified atom stereocenters. The quantitative estimate of drug-likeness (QED) is 0.0401. The van der Waals surface area contributed by atoms with Crippen LogP contribution in [0.2, 0.25) is 0 Å². The van der Waals surface area contributed by atoms with E-state index in [1.165, 1.54) is 36.2 Å². The Hall–Kier alpha value is -8.64. The fourth-order valence-corrected chi connectivity index (χ4v) is 10.4. The predicted octanol–water partition coefficient (Wildman–Crippen LogP) is -1.23. The summed E-state index contributed by atoms with van der Waals surface area (Å²) in [6, 6.07) is 6.20. The van der Waals surface area contributed by atoms with E-state index in [1.54, 1.807) is 36.5 Å². The van der Waals surface area contributed by atoms with Gasteiger partial charge in [-0.3, -0.25) is 52.9 Å². The smallest absolute Gasteiger partial charge is 0.245 e. The Labute approximate surface area is 456 Å². The van der Waals surface area contributed by atoms with Crippen LogP contribution < -0.4 is 48.7 Å². The highest BCUT2D eigenvalue weighted by atomic mass is 16.2. The zero-order valence-electron chi connectivity index (χ0n) is 44.4. The van der Waals surface area contributed by atoms with Crippen molar-refractivity contribution in [2.24, 2.45) is 16.5 Å². The van der Waals surface area contributed by atoms with Crippen molar-refractivity contribution in [2.75, 3.05) is 26.2 Å². The number of hydrogen-bond acceptors (Lipinski definition) is 12. The molecule has 9 amide bonds. The van der Waals surface area contributed by atoms with Gasteiger partial charge in [0.1, 0.15) is 42.3 Å². The van der Waals surface area contributed by atoms with Crippen molar-refractivity contribution >= 4 is 75.8 Å². The summed E-state index contributed by atoms with van der Waals surface area (Å²) in [5.41, 5.74) is 13.7. The number of carbonyl (C=O) groups excluding carboxylic acids is 10. The molecule has 3 saturated heterocycles. The summed E-state index contributed by atoms with van der Waals surface area (Å²) in [6.07, 6.45) is 5.32. The van der Waals surface area contributed by atoms with Crippen LogP contribution in [-0.2, 0) is 67.2 Å². The van der Waals surface area contributed by atoms with Crippen molar-refractivity contribution in [3.8, 4) is 0 Å². The van der Waals surface area contributed by atoms with Gasteiger partial charge in [-0.1, -0.05) is 48.5 Å². The average molecular weight is 1090 g/mol. The number of aromatic amines is 2. The van der Waals surface area contributed by atoms with E-state index in [1.807, 2.05) is 24.3 Å². The number of H-pyrrole nitrogens is 2. The van der Waals surface area contributed by atoms with Gasteiger partial charge in [-0.05, 0) is 75.5 Å². The summed E-state index contributed by atoms with van der Waals surface area (Å²) in [5.74, 6) is -6.65. The van der Waals surface area contributed by atoms with E-state index < -0.39 is 95.6 Å². The van der Waals surface area contributed by atoms with Gasteiger partial charge in [0.2, 0.25) is 53.2 Å². The maximum absolute atomic E-state index is 15.0. The summed E-state index contributed by atoms with van der Waals surface area (Å²) in [6.45, 7) is 2.99. The Kier molecular flexibility index (Phi) is 20.3. The molecule has 4 aromatic rings. The van der Waals surface area contributed by atoms with Crippen molar-refractivity contribution in [1.82, 2.24) is 62.0 Å². The van der Waals surface area contributed by atoms with Crippen molar-refractivity contribution < 1.29 is 47.9 Å². The Bertz CT molecular complexity index is 2870. The third-order valence-electron chi connectivity index (χ3n) is 14.4. The lowest BCUT2D eigenvalue weighted by atomic mass is 10.0. The van der Waals surface area contributed by atoms with Gasteiger partial charge in [-0.25, -0.2) is 4.98 Å². The maximum atomic E-state index is 15.0. The maximum Gasteiger partial charge on any atom is 0.245 e. The molecule has 3 aliphatic rings. The molecule has 3 aliphatic heterocycles. The van der Waals surface area contributed by atoms with Gasteiger partial charge in [0.05, 0.1) is 12.4 Å². The number of amides is 9. The molecule has 0 bridgehead atoms. The number of guanidine groups is 1. The number of ketones is 1. The lowest BCUT2D eigenvalue weighted by Gasteiger charge is -2.33. The number of aromatic nitrogens is 3. The van der Waals surface area contributed by atoms with Crippen LogP contribution in [0.15, 0.2) is 78.3 Å². The fraction of sp³-hybridized carbons (Fsp3) is 0.481. The SMILES string of the molecule is CC(=O)N[C@H]1CCNC(=O)CC[C@@H](C(=O)N2CCC[C@H]2C(=O)N2CCC[C@H]2C(C)=O)NC(=O)[C@H](Cc2c[nH]c3ccccc23)NC(=O)[C@H](CCCN=C(N)N)NC(=O)[C@@H](Cc2ccccc2)NC(=O)[C@H](Cc2cnc[nH]2)NC1=O. The molecular formula is C54H71N15O10. The number of hydrogen-bond donors (Lipinski definition) is 11. The molecule has 2 aromatic carbocycles. The van der Waals surface area contributed by atoms with Gasteiger partial charge >= 0.3 is 0 Å². The molecule has 25 heteroatoms. The summed E-state index contributed by atoms with van der Waals surface area (Å²) < 4.78 is 0. The van der Waals surface area contributed by atoms with Crippen molar-refractivity contribution in [2.45, 2.75) is 139 Å². The number of nitrogens with two attached hydrogens (primary N) is 2. The minimum Gasteiger partial charge on any atom is -0.370 e. The molecular weight excluding hydrogens is 1020 g/mol. The highest BCUT2D eigenvalue weighted by Crippen LogP contribution is 2.27. The molecule has 8 atom stereocenters. The van der Waals surface area contributed by atoms with Crippen LogP contribution in [0.1, 0.15) is 88.5 Å². The predicted molar refractivity (Wildman–Crippen MR) is 289 cm³/mol. The van der Waals surface area contributed by atoms with Gasteiger partial charge in [0.15, 0.2) is 11.7 Å². The first kappa shape index (κ1) is 58.1. The molecule has 3 fully saturated rings. The van der Waals surface area contributed by atoms with E-state index in [9.17, 15) is 43.2 Å². The number of nitrogens with one attached hydrogen (secondary N) is 9. The molecule has 2 aromatic heterocycles. The second kappa shape index (κ2) is 27.6. The molecule has 7 rings (SSSR count). The van der Waals surface area contributed by atoms with E-state index in [-0.39, 0.29) is 88.7 Å². The first-order chi connectivity index (χ1) is 37.9. The molecule has 0 radical (unpaired) electrons. The Morgan fingerprint density at radius 1 is 0.684 bits per heavy atom. The van der Waals surface area contributed by atoms with E-state index >= 15 is 4.79 Å². The van der Waals surface area contributed by atoms with E-state index in [4.69, 9.17) is 11.5 Å².